The number of hydrogen-bond acceptors (Lipinski definition) is 6. The molecule has 2 heterocycles. The molecule has 2 aromatic carbocycles. The van der Waals surface area contributed by atoms with E-state index in [0.29, 0.717) is 10.8 Å². The Balaban J connectivity index is 1.74. The standard InChI is InChI=1S/C20H17N5O2S/c1-13-22-23-20(28-13)21-19(26)17-12-18(14-8-10-16(27-2)11-9-14)25(24-17)15-6-4-3-5-7-15/h3-12H,1-2H3,(H,21,23,26). The van der Waals surface area contributed by atoms with Crippen LogP contribution in [-0.4, -0.2) is 33.0 Å². The number of rotatable bonds is 5. The van der Waals surface area contributed by atoms with E-state index in [4.69, 9.17) is 4.74 Å². The molecule has 0 atom stereocenters. The number of nitrogens with one attached hydrogen (secondary N) is 1. The fraction of sp³-hybridized carbons (Fsp3) is 0.100. The predicted octanol–water partition coefficient (Wildman–Crippen LogP) is 3.96. The van der Waals surface area contributed by atoms with Gasteiger partial charge in [-0.1, -0.05) is 29.5 Å². The number of aromatic nitrogens is 4. The first kappa shape index (κ1) is 17.9. The van der Waals surface area contributed by atoms with Gasteiger partial charge in [-0.15, -0.1) is 10.2 Å². The van der Waals surface area contributed by atoms with Crippen LogP contribution in [0.1, 0.15) is 15.5 Å². The predicted molar refractivity (Wildman–Crippen MR) is 108 cm³/mol. The molecule has 140 valence electrons. The highest BCUT2D eigenvalue weighted by molar-refractivity contribution is 7.15. The van der Waals surface area contributed by atoms with Gasteiger partial charge in [-0.2, -0.15) is 5.10 Å². The highest BCUT2D eigenvalue weighted by Gasteiger charge is 2.18. The summed E-state index contributed by atoms with van der Waals surface area (Å²) in [6.45, 7) is 1.83. The van der Waals surface area contributed by atoms with Gasteiger partial charge in [0.2, 0.25) is 5.13 Å². The summed E-state index contributed by atoms with van der Waals surface area (Å²) in [5.74, 6) is 0.430. The number of carbonyl (C=O) groups excluding carboxylic acids is 1. The van der Waals surface area contributed by atoms with Gasteiger partial charge in [0.25, 0.3) is 5.91 Å². The van der Waals surface area contributed by atoms with Crippen LogP contribution in [0.15, 0.2) is 60.7 Å². The second-order valence-corrected chi connectivity index (χ2v) is 7.15. The Labute approximate surface area is 165 Å². The smallest absolute Gasteiger partial charge is 0.278 e. The Morgan fingerprint density at radius 3 is 2.46 bits per heavy atom. The number of hydrogen-bond donors (Lipinski definition) is 1. The highest BCUT2D eigenvalue weighted by atomic mass is 32.1. The summed E-state index contributed by atoms with van der Waals surface area (Å²) in [7, 11) is 1.63. The minimum absolute atomic E-state index is 0.294. The number of methoxy groups -OCH3 is 1. The third-order valence-electron chi connectivity index (χ3n) is 4.08. The van der Waals surface area contributed by atoms with E-state index in [0.717, 1.165) is 27.7 Å². The number of para-hydroxylation sites is 1. The van der Waals surface area contributed by atoms with Crippen LogP contribution in [0.5, 0.6) is 5.75 Å². The minimum atomic E-state index is -0.333. The van der Waals surface area contributed by atoms with E-state index in [1.165, 1.54) is 11.3 Å². The molecule has 4 aromatic rings. The van der Waals surface area contributed by atoms with Crippen molar-refractivity contribution < 1.29 is 9.53 Å². The second-order valence-electron chi connectivity index (χ2n) is 5.97. The largest absolute Gasteiger partial charge is 0.497 e. The van der Waals surface area contributed by atoms with Crippen LogP contribution >= 0.6 is 11.3 Å². The number of carbonyl (C=O) groups is 1. The maximum absolute atomic E-state index is 12.7. The van der Waals surface area contributed by atoms with Gasteiger partial charge in [-0.3, -0.25) is 10.1 Å². The van der Waals surface area contributed by atoms with E-state index in [2.05, 4.69) is 20.6 Å². The van der Waals surface area contributed by atoms with Crippen LogP contribution in [0.4, 0.5) is 5.13 Å². The molecule has 2 aromatic heterocycles. The third kappa shape index (κ3) is 3.63. The van der Waals surface area contributed by atoms with E-state index in [-0.39, 0.29) is 5.91 Å². The van der Waals surface area contributed by atoms with Crippen LogP contribution in [0.2, 0.25) is 0 Å². The van der Waals surface area contributed by atoms with Crippen molar-refractivity contribution in [3.8, 4) is 22.7 Å². The van der Waals surface area contributed by atoms with Crippen molar-refractivity contribution >= 4 is 22.4 Å². The van der Waals surface area contributed by atoms with Gasteiger partial charge >= 0.3 is 0 Å². The molecule has 0 fully saturated rings. The van der Waals surface area contributed by atoms with Crippen molar-refractivity contribution in [2.75, 3.05) is 12.4 Å². The minimum Gasteiger partial charge on any atom is -0.497 e. The van der Waals surface area contributed by atoms with Crippen LogP contribution in [0, 0.1) is 6.92 Å². The molecule has 1 amide bonds. The van der Waals surface area contributed by atoms with Gasteiger partial charge < -0.3 is 4.74 Å². The van der Waals surface area contributed by atoms with E-state index < -0.39 is 0 Å². The monoisotopic (exact) mass is 391 g/mol. The number of ether oxygens (including phenoxy) is 1. The van der Waals surface area contributed by atoms with Crippen LogP contribution in [0.3, 0.4) is 0 Å². The molecule has 7 nitrogen and oxygen atoms in total. The number of amides is 1. The molecule has 0 saturated carbocycles. The van der Waals surface area contributed by atoms with Crippen molar-refractivity contribution in [1.29, 1.82) is 0 Å². The van der Waals surface area contributed by atoms with Crippen molar-refractivity contribution in [2.45, 2.75) is 6.92 Å². The first-order chi connectivity index (χ1) is 13.6. The molecular weight excluding hydrogens is 374 g/mol. The van der Waals surface area contributed by atoms with Crippen molar-refractivity contribution in [3.05, 3.63) is 71.4 Å². The molecule has 0 aliphatic rings. The average Bonchev–Trinajstić information content (AvgIpc) is 3.35. The average molecular weight is 391 g/mol. The zero-order valence-corrected chi connectivity index (χ0v) is 16.1. The fourth-order valence-electron chi connectivity index (χ4n) is 2.73. The molecule has 0 unspecified atom stereocenters. The SMILES string of the molecule is COc1ccc(-c2cc(C(=O)Nc3nnc(C)s3)nn2-c2ccccc2)cc1. The lowest BCUT2D eigenvalue weighted by Gasteiger charge is -2.08. The summed E-state index contributed by atoms with van der Waals surface area (Å²) in [6, 6.07) is 19.1. The first-order valence-corrected chi connectivity index (χ1v) is 9.37. The van der Waals surface area contributed by atoms with Crippen molar-refractivity contribution in [1.82, 2.24) is 20.0 Å². The molecule has 0 aliphatic heterocycles. The summed E-state index contributed by atoms with van der Waals surface area (Å²) in [5, 5.41) is 16.4. The van der Waals surface area contributed by atoms with Gasteiger partial charge in [-0.25, -0.2) is 4.68 Å². The summed E-state index contributed by atoms with van der Waals surface area (Å²) >= 11 is 1.32. The molecule has 4 rings (SSSR count). The van der Waals surface area contributed by atoms with Crippen LogP contribution in [-0.2, 0) is 0 Å². The Morgan fingerprint density at radius 1 is 1.07 bits per heavy atom. The number of benzene rings is 2. The summed E-state index contributed by atoms with van der Waals surface area (Å²) < 4.78 is 6.99. The fourth-order valence-corrected chi connectivity index (χ4v) is 3.32. The van der Waals surface area contributed by atoms with E-state index in [1.54, 1.807) is 17.9 Å². The number of aryl methyl sites for hydroxylation is 1. The first-order valence-electron chi connectivity index (χ1n) is 8.55. The summed E-state index contributed by atoms with van der Waals surface area (Å²) in [6.07, 6.45) is 0. The van der Waals surface area contributed by atoms with E-state index >= 15 is 0 Å². The van der Waals surface area contributed by atoms with Crippen LogP contribution in [0.25, 0.3) is 16.9 Å². The van der Waals surface area contributed by atoms with Gasteiger partial charge in [0.05, 0.1) is 18.5 Å². The van der Waals surface area contributed by atoms with Gasteiger partial charge in [0.1, 0.15) is 10.8 Å². The Bertz CT molecular complexity index is 1100. The molecule has 1 N–H and O–H groups in total. The maximum atomic E-state index is 12.7. The molecule has 28 heavy (non-hydrogen) atoms. The highest BCUT2D eigenvalue weighted by Crippen LogP contribution is 2.26. The molecular formula is C20H17N5O2S. The molecule has 0 spiro atoms. The lowest BCUT2D eigenvalue weighted by molar-refractivity contribution is 0.102. The lowest BCUT2D eigenvalue weighted by Crippen LogP contribution is -2.13. The van der Waals surface area contributed by atoms with Crippen molar-refractivity contribution in [3.63, 3.8) is 0 Å². The number of nitrogens with zero attached hydrogens (tertiary/aromatic N) is 4. The third-order valence-corrected chi connectivity index (χ3v) is 4.83. The molecule has 0 radical (unpaired) electrons. The van der Waals surface area contributed by atoms with Crippen LogP contribution < -0.4 is 10.1 Å². The van der Waals surface area contributed by atoms with Gasteiger partial charge in [-0.05, 0) is 49.4 Å². The van der Waals surface area contributed by atoms with E-state index in [1.807, 2.05) is 61.5 Å². The molecule has 0 saturated heterocycles. The number of anilines is 1. The Kier molecular flexibility index (Phi) is 4.86. The maximum Gasteiger partial charge on any atom is 0.278 e. The Hall–Kier alpha value is -3.52. The zero-order valence-electron chi connectivity index (χ0n) is 15.3. The molecule has 0 aliphatic carbocycles. The Morgan fingerprint density at radius 2 is 1.82 bits per heavy atom. The van der Waals surface area contributed by atoms with Gasteiger partial charge in [0.15, 0.2) is 5.69 Å². The van der Waals surface area contributed by atoms with E-state index in [9.17, 15) is 4.79 Å². The summed E-state index contributed by atoms with van der Waals surface area (Å²) in [5.41, 5.74) is 2.87. The lowest BCUT2D eigenvalue weighted by atomic mass is 10.1. The zero-order chi connectivity index (χ0) is 19.5. The molecule has 8 heteroatoms. The van der Waals surface area contributed by atoms with Gasteiger partial charge in [0, 0.05) is 5.56 Å². The molecule has 0 bridgehead atoms. The topological polar surface area (TPSA) is 81.9 Å². The quantitative estimate of drug-likeness (QED) is 0.557. The second kappa shape index (κ2) is 7.61. The van der Waals surface area contributed by atoms with Crippen molar-refractivity contribution in [2.24, 2.45) is 0 Å². The normalized spacial score (nSPS) is 10.6. The summed E-state index contributed by atoms with van der Waals surface area (Å²) in [4.78, 5) is 12.7.